The summed E-state index contributed by atoms with van der Waals surface area (Å²) >= 11 is 7.00. The van der Waals surface area contributed by atoms with Crippen molar-refractivity contribution in [3.05, 3.63) is 94.1 Å². The molecule has 2 atom stereocenters. The second-order valence-corrected chi connectivity index (χ2v) is 16.1. The van der Waals surface area contributed by atoms with Crippen molar-refractivity contribution in [1.82, 2.24) is 20.2 Å². The van der Waals surface area contributed by atoms with Crippen molar-refractivity contribution >= 4 is 44.8 Å². The number of aromatic nitrogens is 2. The van der Waals surface area contributed by atoms with Gasteiger partial charge in [0, 0.05) is 63.9 Å². The highest BCUT2D eigenvalue weighted by molar-refractivity contribution is 7.88. The molecular formula is C33H35ClF3N6O3S2+. The van der Waals surface area contributed by atoms with Crippen molar-refractivity contribution in [2.45, 2.75) is 49.3 Å². The molecule has 2 aliphatic heterocycles. The van der Waals surface area contributed by atoms with E-state index in [1.165, 1.54) is 24.3 Å². The van der Waals surface area contributed by atoms with Crippen LogP contribution < -0.4 is 10.2 Å². The number of benzene rings is 1. The summed E-state index contributed by atoms with van der Waals surface area (Å²) < 4.78 is 67.4. The van der Waals surface area contributed by atoms with E-state index in [-0.39, 0.29) is 17.3 Å². The van der Waals surface area contributed by atoms with Gasteiger partial charge in [0.15, 0.2) is 4.21 Å². The SMILES string of the molecule is C[C@@H]1CCC[N+]1(C(=O)NCc1cc(-c2ccc(C(F)(F)F)cc2)nc(N2CCN(Cc3ccccn3)CC2)c1)S(=O)(=O)c1ccc(Cl)s1. The normalized spacial score (nSPS) is 20.6. The van der Waals surface area contributed by atoms with Gasteiger partial charge < -0.3 is 10.2 Å². The lowest BCUT2D eigenvalue weighted by Gasteiger charge is -2.35. The molecule has 1 aromatic carbocycles. The Morgan fingerprint density at radius 1 is 1.06 bits per heavy atom. The molecule has 2 saturated heterocycles. The molecule has 2 amide bonds. The van der Waals surface area contributed by atoms with Crippen molar-refractivity contribution in [2.24, 2.45) is 0 Å². The topological polar surface area (TPSA) is 95.5 Å². The summed E-state index contributed by atoms with van der Waals surface area (Å²) in [5.74, 6) is 0.619. The maximum Gasteiger partial charge on any atom is 0.432 e. The zero-order valence-electron chi connectivity index (χ0n) is 26.2. The number of hydrogen-bond acceptors (Lipinski definition) is 8. The number of pyridine rings is 2. The number of anilines is 1. The lowest BCUT2D eigenvalue weighted by molar-refractivity contribution is -0.733. The van der Waals surface area contributed by atoms with Gasteiger partial charge in [0.25, 0.3) is 0 Å². The number of alkyl halides is 3. The van der Waals surface area contributed by atoms with Gasteiger partial charge in [-0.1, -0.05) is 29.8 Å². The number of urea groups is 1. The van der Waals surface area contributed by atoms with Gasteiger partial charge in [-0.05, 0) is 61.0 Å². The number of piperazine rings is 1. The minimum atomic E-state index is -4.47. The van der Waals surface area contributed by atoms with Crippen LogP contribution in [0.15, 0.2) is 77.1 Å². The van der Waals surface area contributed by atoms with Crippen molar-refractivity contribution in [2.75, 3.05) is 37.6 Å². The van der Waals surface area contributed by atoms with Crippen LogP contribution in [0.4, 0.5) is 23.8 Å². The third kappa shape index (κ3) is 6.95. The van der Waals surface area contributed by atoms with Crippen LogP contribution in [0.2, 0.25) is 4.34 Å². The quantitative estimate of drug-likeness (QED) is 0.200. The first-order valence-corrected chi connectivity index (χ1v) is 18.2. The highest BCUT2D eigenvalue weighted by Gasteiger charge is 2.57. The lowest BCUT2D eigenvalue weighted by atomic mass is 10.1. The summed E-state index contributed by atoms with van der Waals surface area (Å²) in [6.07, 6.45) is -1.57. The fourth-order valence-corrected chi connectivity index (χ4v) is 10.2. The zero-order chi connectivity index (χ0) is 34.1. The van der Waals surface area contributed by atoms with Crippen LogP contribution in [0.1, 0.15) is 36.6 Å². The van der Waals surface area contributed by atoms with Crippen LogP contribution in [0, 0.1) is 0 Å². The van der Waals surface area contributed by atoms with Crippen LogP contribution in [-0.2, 0) is 29.3 Å². The molecular weight excluding hydrogens is 685 g/mol. The molecule has 0 radical (unpaired) electrons. The Labute approximate surface area is 286 Å². The number of carbonyl (C=O) groups is 1. The Hall–Kier alpha value is -3.56. The second-order valence-electron chi connectivity index (χ2n) is 12.1. The molecule has 0 bridgehead atoms. The standard InChI is InChI=1S/C33H34ClF3N6O3S2/c1-23-5-4-18-43(23,48(45,46)31-12-11-29(34)47-31)32(44)39-21-24-19-28(25-7-9-26(10-8-25)33(35,36)37)40-30(20-24)42-16-14-41(15-17-42)22-27-6-2-3-13-38-27/h2-3,6-13,19-20,23H,4-5,14-18,21-22H2,1H3/p+1/t23-,43?/m1/s1. The van der Waals surface area contributed by atoms with E-state index in [9.17, 15) is 26.4 Å². The number of likely N-dealkylation sites (tertiary alicyclic amines) is 1. The Morgan fingerprint density at radius 2 is 1.81 bits per heavy atom. The number of nitrogens with zero attached hydrogens (tertiary/aromatic N) is 5. The number of nitrogens with one attached hydrogen (secondary N) is 1. The van der Waals surface area contributed by atoms with Crippen molar-refractivity contribution in [1.29, 1.82) is 0 Å². The molecule has 0 saturated carbocycles. The fourth-order valence-electron chi connectivity index (χ4n) is 6.40. The van der Waals surface area contributed by atoms with Crippen LogP contribution in [0.5, 0.6) is 0 Å². The Bertz CT molecular complexity index is 1870. The van der Waals surface area contributed by atoms with Crippen molar-refractivity contribution < 1.29 is 30.3 Å². The number of thiophene rings is 1. The van der Waals surface area contributed by atoms with Gasteiger partial charge in [-0.3, -0.25) is 9.88 Å². The Balaban J connectivity index is 1.26. The van der Waals surface area contributed by atoms with Gasteiger partial charge in [0.1, 0.15) is 18.4 Å². The van der Waals surface area contributed by atoms with Crippen LogP contribution >= 0.6 is 22.9 Å². The molecule has 4 aromatic rings. The highest BCUT2D eigenvalue weighted by atomic mass is 35.5. The molecule has 3 aromatic heterocycles. The molecule has 2 aliphatic rings. The fraction of sp³-hybridized carbons (Fsp3) is 0.364. The van der Waals surface area contributed by atoms with E-state index in [2.05, 4.69) is 20.1 Å². The number of hydrogen-bond donors (Lipinski definition) is 1. The second kappa shape index (κ2) is 13.7. The first-order valence-electron chi connectivity index (χ1n) is 15.6. The van der Waals surface area contributed by atoms with Crippen LogP contribution in [0.3, 0.4) is 0 Å². The van der Waals surface area contributed by atoms with E-state index in [1.807, 2.05) is 24.3 Å². The zero-order valence-corrected chi connectivity index (χ0v) is 28.5. The molecule has 9 nitrogen and oxygen atoms in total. The summed E-state index contributed by atoms with van der Waals surface area (Å²) in [7, 11) is -4.11. The van der Waals surface area contributed by atoms with Crippen LogP contribution in [0.25, 0.3) is 11.3 Å². The molecule has 6 rings (SSSR count). The van der Waals surface area contributed by atoms with E-state index in [1.54, 1.807) is 19.2 Å². The van der Waals surface area contributed by atoms with Gasteiger partial charge in [-0.25, -0.2) is 9.78 Å². The largest absolute Gasteiger partial charge is 0.432 e. The summed E-state index contributed by atoms with van der Waals surface area (Å²) in [6.45, 7) is 5.41. The number of carbonyl (C=O) groups excluding carboxylic acids is 1. The van der Waals surface area contributed by atoms with Gasteiger partial charge in [-0.15, -0.1) is 15.2 Å². The molecule has 48 heavy (non-hydrogen) atoms. The molecule has 2 fully saturated rings. The number of quaternary nitrogens is 1. The number of sulfonamides is 1. The number of amides is 2. The van der Waals surface area contributed by atoms with E-state index in [0.29, 0.717) is 59.5 Å². The third-order valence-electron chi connectivity index (χ3n) is 9.03. The van der Waals surface area contributed by atoms with E-state index in [4.69, 9.17) is 16.6 Å². The summed E-state index contributed by atoms with van der Waals surface area (Å²) in [6, 6.07) is 16.0. The molecule has 5 heterocycles. The van der Waals surface area contributed by atoms with Gasteiger partial charge in [0.2, 0.25) is 0 Å². The molecule has 15 heteroatoms. The third-order valence-corrected chi connectivity index (χ3v) is 13.1. The average molecular weight is 720 g/mol. The van der Waals surface area contributed by atoms with Crippen molar-refractivity contribution in [3.8, 4) is 11.3 Å². The molecule has 1 unspecified atom stereocenters. The molecule has 0 spiro atoms. The predicted molar refractivity (Wildman–Crippen MR) is 179 cm³/mol. The summed E-state index contributed by atoms with van der Waals surface area (Å²) in [5.41, 5.74) is 1.78. The molecule has 254 valence electrons. The lowest BCUT2D eigenvalue weighted by Crippen LogP contribution is -2.62. The summed E-state index contributed by atoms with van der Waals surface area (Å²) in [5, 5.41) is 2.88. The smallest absolute Gasteiger partial charge is 0.354 e. The first kappa shape index (κ1) is 34.3. The number of rotatable bonds is 8. The van der Waals surface area contributed by atoms with E-state index >= 15 is 0 Å². The van der Waals surface area contributed by atoms with E-state index in [0.717, 1.165) is 42.3 Å². The van der Waals surface area contributed by atoms with Gasteiger partial charge in [0.05, 0.1) is 21.3 Å². The minimum Gasteiger partial charge on any atom is -0.354 e. The Morgan fingerprint density at radius 3 is 2.42 bits per heavy atom. The predicted octanol–water partition coefficient (Wildman–Crippen LogP) is 6.80. The highest BCUT2D eigenvalue weighted by Crippen LogP contribution is 2.39. The molecule has 0 aliphatic carbocycles. The van der Waals surface area contributed by atoms with Crippen LogP contribution in [-0.4, -0.2) is 72.0 Å². The molecule has 1 N–H and O–H groups in total. The number of halogens is 4. The van der Waals surface area contributed by atoms with Crippen molar-refractivity contribution in [3.63, 3.8) is 0 Å². The maximum atomic E-state index is 13.9. The summed E-state index contributed by atoms with van der Waals surface area (Å²) in [4.78, 5) is 27.6. The van der Waals surface area contributed by atoms with Gasteiger partial charge in [-0.2, -0.15) is 21.6 Å². The minimum absolute atomic E-state index is 0.00489. The van der Waals surface area contributed by atoms with E-state index < -0.39 is 37.7 Å². The maximum absolute atomic E-state index is 13.9. The van der Waals surface area contributed by atoms with Gasteiger partial charge >= 0.3 is 22.2 Å². The Kier molecular flexibility index (Phi) is 9.83. The monoisotopic (exact) mass is 719 g/mol. The first-order chi connectivity index (χ1) is 22.9. The average Bonchev–Trinajstić information content (AvgIpc) is 3.70.